The predicted octanol–water partition coefficient (Wildman–Crippen LogP) is 0.695. The van der Waals surface area contributed by atoms with Crippen LogP contribution in [-0.4, -0.2) is 61.5 Å². The van der Waals surface area contributed by atoms with Gasteiger partial charge in [-0.15, -0.1) is 0 Å². The number of hydrogen-bond donors (Lipinski definition) is 3. The molecule has 0 aromatic heterocycles. The maximum atomic E-state index is 11.5. The van der Waals surface area contributed by atoms with Gasteiger partial charge in [-0.2, -0.15) is 0 Å². The third kappa shape index (κ3) is 15.0. The molecule has 3 N–H and O–H groups in total. The van der Waals surface area contributed by atoms with Crippen molar-refractivity contribution >= 4 is 24.1 Å². The van der Waals surface area contributed by atoms with E-state index in [1.165, 1.54) is 0 Å². The van der Waals surface area contributed by atoms with Crippen LogP contribution in [0.1, 0.15) is 41.5 Å². The van der Waals surface area contributed by atoms with E-state index < -0.39 is 35.3 Å². The van der Waals surface area contributed by atoms with E-state index in [1.807, 2.05) is 0 Å². The smallest absolute Gasteiger partial charge is 0.408 e. The third-order valence-corrected chi connectivity index (χ3v) is 2.26. The first-order chi connectivity index (χ1) is 11.8. The van der Waals surface area contributed by atoms with Crippen molar-refractivity contribution in [1.29, 1.82) is 0 Å². The van der Waals surface area contributed by atoms with Crippen molar-refractivity contribution in [2.75, 3.05) is 26.2 Å². The van der Waals surface area contributed by atoms with Crippen LogP contribution < -0.4 is 16.0 Å². The highest BCUT2D eigenvalue weighted by atomic mass is 16.6. The summed E-state index contributed by atoms with van der Waals surface area (Å²) in [6.07, 6.45) is -1.35. The summed E-state index contributed by atoms with van der Waals surface area (Å²) in [5, 5.41) is 6.97. The van der Waals surface area contributed by atoms with Crippen molar-refractivity contribution in [2.45, 2.75) is 52.7 Å². The second-order valence-electron chi connectivity index (χ2n) is 7.28. The molecule has 0 unspecified atom stereocenters. The molecule has 0 radical (unpaired) electrons. The molecule has 0 aromatic carbocycles. The topological polar surface area (TPSA) is 132 Å². The van der Waals surface area contributed by atoms with Crippen molar-refractivity contribution in [3.63, 3.8) is 0 Å². The number of amides is 3. The highest BCUT2D eigenvalue weighted by Gasteiger charge is 2.17. The Morgan fingerprint density at radius 2 is 1.23 bits per heavy atom. The van der Waals surface area contributed by atoms with Gasteiger partial charge in [0.2, 0.25) is 5.91 Å². The highest BCUT2D eigenvalue weighted by molar-refractivity contribution is 5.85. The number of nitrogens with one attached hydrogen (secondary N) is 3. The molecule has 10 nitrogen and oxygen atoms in total. The maximum Gasteiger partial charge on any atom is 0.408 e. The summed E-state index contributed by atoms with van der Waals surface area (Å²) in [5.41, 5.74) is -1.28. The van der Waals surface area contributed by atoms with Gasteiger partial charge in [0, 0.05) is 0 Å². The van der Waals surface area contributed by atoms with Gasteiger partial charge in [-0.1, -0.05) is 0 Å². The van der Waals surface area contributed by atoms with Gasteiger partial charge in [-0.25, -0.2) is 9.59 Å². The average molecular weight is 375 g/mol. The molecule has 0 aliphatic rings. The fraction of sp³-hybridized carbons (Fsp3) is 0.750. The number of carbonyl (C=O) groups excluding carboxylic acids is 4. The molecule has 0 spiro atoms. The van der Waals surface area contributed by atoms with Crippen LogP contribution in [0.25, 0.3) is 0 Å². The van der Waals surface area contributed by atoms with Gasteiger partial charge in [0.25, 0.3) is 0 Å². The van der Waals surface area contributed by atoms with Crippen LogP contribution in [0.4, 0.5) is 9.59 Å². The van der Waals surface area contributed by atoms with E-state index in [0.29, 0.717) is 0 Å². The normalized spacial score (nSPS) is 11.2. The Kier molecular flexibility index (Phi) is 9.45. The number of esters is 1. The quantitative estimate of drug-likeness (QED) is 0.339. The molecule has 26 heavy (non-hydrogen) atoms. The molecule has 0 aliphatic carbocycles. The fourth-order valence-corrected chi connectivity index (χ4v) is 1.38. The summed E-state index contributed by atoms with van der Waals surface area (Å²) >= 11 is 0. The third-order valence-electron chi connectivity index (χ3n) is 2.26. The number of ether oxygens (including phenoxy) is 3. The molecule has 0 rings (SSSR count). The Bertz CT molecular complexity index is 507. The van der Waals surface area contributed by atoms with E-state index in [4.69, 9.17) is 14.2 Å². The highest BCUT2D eigenvalue weighted by Crippen LogP contribution is 2.06. The molecular weight excluding hydrogens is 346 g/mol. The van der Waals surface area contributed by atoms with Gasteiger partial charge in [-0.05, 0) is 41.5 Å². The molecule has 0 heterocycles. The SMILES string of the molecule is CC(C)(C)OC(=O)NCCOC(=O)CNC(=O)CNC(=O)OC(C)(C)C. The molecular formula is C16H29N3O7. The first-order valence-corrected chi connectivity index (χ1v) is 8.14. The summed E-state index contributed by atoms with van der Waals surface area (Å²) in [6.45, 7) is 9.59. The van der Waals surface area contributed by atoms with Crippen molar-refractivity contribution in [3.05, 3.63) is 0 Å². The molecule has 150 valence electrons. The van der Waals surface area contributed by atoms with Crippen molar-refractivity contribution in [3.8, 4) is 0 Å². The lowest BCUT2D eigenvalue weighted by Crippen LogP contribution is -2.41. The lowest BCUT2D eigenvalue weighted by Gasteiger charge is -2.19. The summed E-state index contributed by atoms with van der Waals surface area (Å²) in [5.74, 6) is -1.25. The number of carbonyl (C=O) groups is 4. The molecule has 0 aromatic rings. The van der Waals surface area contributed by atoms with Gasteiger partial charge in [0.05, 0.1) is 6.54 Å². The predicted molar refractivity (Wildman–Crippen MR) is 92.4 cm³/mol. The van der Waals surface area contributed by atoms with E-state index in [-0.39, 0.29) is 26.2 Å². The zero-order valence-corrected chi connectivity index (χ0v) is 16.2. The lowest BCUT2D eigenvalue weighted by molar-refractivity contribution is -0.143. The Morgan fingerprint density at radius 1 is 0.731 bits per heavy atom. The van der Waals surface area contributed by atoms with Gasteiger partial charge < -0.3 is 30.2 Å². The van der Waals surface area contributed by atoms with Crippen molar-refractivity contribution < 1.29 is 33.4 Å². The van der Waals surface area contributed by atoms with Crippen LogP contribution >= 0.6 is 0 Å². The monoisotopic (exact) mass is 375 g/mol. The van der Waals surface area contributed by atoms with Gasteiger partial charge in [0.1, 0.15) is 30.9 Å². The van der Waals surface area contributed by atoms with Gasteiger partial charge in [-0.3, -0.25) is 9.59 Å². The molecule has 10 heteroatoms. The van der Waals surface area contributed by atoms with E-state index in [9.17, 15) is 19.2 Å². The Balaban J connectivity index is 3.80. The number of hydrogen-bond acceptors (Lipinski definition) is 7. The molecule has 0 aliphatic heterocycles. The summed E-state index contributed by atoms with van der Waals surface area (Å²) < 4.78 is 14.8. The molecule has 0 atom stereocenters. The minimum atomic E-state index is -0.733. The maximum absolute atomic E-state index is 11.5. The minimum Gasteiger partial charge on any atom is -0.462 e. The van der Waals surface area contributed by atoms with Gasteiger partial charge in [0.15, 0.2) is 0 Å². The second-order valence-corrected chi connectivity index (χ2v) is 7.28. The van der Waals surface area contributed by atoms with E-state index >= 15 is 0 Å². The van der Waals surface area contributed by atoms with Crippen LogP contribution in [0.15, 0.2) is 0 Å². The van der Waals surface area contributed by atoms with E-state index in [0.717, 1.165) is 0 Å². The van der Waals surface area contributed by atoms with Crippen LogP contribution in [0.3, 0.4) is 0 Å². The van der Waals surface area contributed by atoms with Crippen LogP contribution in [-0.2, 0) is 23.8 Å². The van der Waals surface area contributed by atoms with Gasteiger partial charge >= 0.3 is 18.2 Å². The van der Waals surface area contributed by atoms with E-state index in [2.05, 4.69) is 16.0 Å². The lowest BCUT2D eigenvalue weighted by atomic mass is 10.2. The largest absolute Gasteiger partial charge is 0.462 e. The average Bonchev–Trinajstić information content (AvgIpc) is 2.44. The van der Waals surface area contributed by atoms with E-state index in [1.54, 1.807) is 41.5 Å². The molecule has 0 saturated carbocycles. The second kappa shape index (κ2) is 10.5. The standard InChI is InChI=1S/C16H29N3O7/c1-15(2,3)25-13(22)17-7-8-24-12(21)10-18-11(20)9-19-14(23)26-16(4,5)6/h7-10H2,1-6H3,(H,17,22)(H,18,20)(H,19,23). The summed E-state index contributed by atoms with van der Waals surface area (Å²) in [4.78, 5) is 45.7. The Hall–Kier alpha value is -2.52. The zero-order valence-electron chi connectivity index (χ0n) is 16.2. The minimum absolute atomic E-state index is 0.0654. The summed E-state index contributed by atoms with van der Waals surface area (Å²) in [7, 11) is 0. The zero-order chi connectivity index (χ0) is 20.4. The number of rotatable bonds is 7. The first-order valence-electron chi connectivity index (χ1n) is 8.14. The number of alkyl carbamates (subject to hydrolysis) is 2. The molecule has 0 bridgehead atoms. The molecule has 0 saturated heterocycles. The van der Waals surface area contributed by atoms with Crippen molar-refractivity contribution in [1.82, 2.24) is 16.0 Å². The van der Waals surface area contributed by atoms with Crippen LogP contribution in [0, 0.1) is 0 Å². The van der Waals surface area contributed by atoms with Crippen LogP contribution in [0.2, 0.25) is 0 Å². The summed E-state index contributed by atoms with van der Waals surface area (Å²) in [6, 6.07) is 0. The Labute approximate surface area is 153 Å². The van der Waals surface area contributed by atoms with Crippen molar-refractivity contribution in [2.24, 2.45) is 0 Å². The van der Waals surface area contributed by atoms with Crippen LogP contribution in [0.5, 0.6) is 0 Å². The first kappa shape index (κ1) is 23.5. The molecule has 3 amide bonds. The Morgan fingerprint density at radius 3 is 1.73 bits per heavy atom. The fourth-order valence-electron chi connectivity index (χ4n) is 1.38. The molecule has 0 fully saturated rings.